The largest absolute Gasteiger partial charge is 0.395 e. The highest BCUT2D eigenvalue weighted by molar-refractivity contribution is 5.51. The van der Waals surface area contributed by atoms with E-state index < -0.39 is 4.92 Å². The average molecular weight is 298 g/mol. The monoisotopic (exact) mass is 298 g/mol. The van der Waals surface area contributed by atoms with Crippen molar-refractivity contribution in [2.75, 3.05) is 18.1 Å². The van der Waals surface area contributed by atoms with Crippen molar-refractivity contribution in [1.29, 1.82) is 5.26 Å². The van der Waals surface area contributed by atoms with Crippen molar-refractivity contribution < 1.29 is 10.0 Å². The molecule has 0 unspecified atom stereocenters. The summed E-state index contributed by atoms with van der Waals surface area (Å²) in [4.78, 5) is 16.0. The number of aliphatic hydroxyl groups is 1. The molecule has 0 aliphatic heterocycles. The quantitative estimate of drug-likeness (QED) is 0.645. The van der Waals surface area contributed by atoms with Gasteiger partial charge in [0.1, 0.15) is 11.9 Å². The number of hydrogen-bond donors (Lipinski definition) is 1. The number of anilines is 1. The highest BCUT2D eigenvalue weighted by atomic mass is 16.6. The van der Waals surface area contributed by atoms with Gasteiger partial charge in [0.2, 0.25) is 5.69 Å². The molecule has 1 aromatic heterocycles. The van der Waals surface area contributed by atoms with Crippen molar-refractivity contribution in [3.05, 3.63) is 63.8 Å². The first-order valence-electron chi connectivity index (χ1n) is 6.61. The van der Waals surface area contributed by atoms with Crippen LogP contribution in [-0.4, -0.2) is 28.2 Å². The number of nitrogens with zero attached hydrogens (tertiary/aromatic N) is 4. The Morgan fingerprint density at radius 1 is 1.27 bits per heavy atom. The fraction of sp³-hybridized carbons (Fsp3) is 0.200. The van der Waals surface area contributed by atoms with Crippen molar-refractivity contribution in [1.82, 2.24) is 4.98 Å². The van der Waals surface area contributed by atoms with Gasteiger partial charge in [0, 0.05) is 19.2 Å². The number of hydrogen-bond acceptors (Lipinski definition) is 6. The van der Waals surface area contributed by atoms with Crippen LogP contribution in [0.15, 0.2) is 42.5 Å². The molecule has 22 heavy (non-hydrogen) atoms. The van der Waals surface area contributed by atoms with E-state index in [9.17, 15) is 15.2 Å². The first-order chi connectivity index (χ1) is 10.7. The second kappa shape index (κ2) is 7.15. The van der Waals surface area contributed by atoms with E-state index in [0.717, 1.165) is 5.56 Å². The smallest absolute Gasteiger partial charge is 0.305 e. The van der Waals surface area contributed by atoms with Crippen LogP contribution in [0.2, 0.25) is 0 Å². The average Bonchev–Trinajstić information content (AvgIpc) is 2.54. The third kappa shape index (κ3) is 3.56. The molecule has 7 nitrogen and oxygen atoms in total. The SMILES string of the molecule is N#Cc1nc(N(CCO)Cc2ccccc2)ccc1[N+](=O)[O-]. The van der Waals surface area contributed by atoms with Gasteiger partial charge in [-0.05, 0) is 11.6 Å². The molecule has 1 N–H and O–H groups in total. The lowest BCUT2D eigenvalue weighted by Crippen LogP contribution is -2.27. The highest BCUT2D eigenvalue weighted by Gasteiger charge is 2.18. The fourth-order valence-electron chi connectivity index (χ4n) is 2.05. The Bertz CT molecular complexity index is 698. The van der Waals surface area contributed by atoms with Gasteiger partial charge in [-0.15, -0.1) is 0 Å². The summed E-state index contributed by atoms with van der Waals surface area (Å²) in [5.74, 6) is 0.417. The third-order valence-electron chi connectivity index (χ3n) is 3.07. The zero-order valence-corrected chi connectivity index (χ0v) is 11.7. The molecule has 0 spiro atoms. The van der Waals surface area contributed by atoms with Crippen molar-refractivity contribution in [3.63, 3.8) is 0 Å². The molecule has 112 valence electrons. The molecule has 2 aromatic rings. The van der Waals surface area contributed by atoms with E-state index in [2.05, 4.69) is 4.98 Å². The van der Waals surface area contributed by atoms with Gasteiger partial charge in [-0.2, -0.15) is 5.26 Å². The van der Waals surface area contributed by atoms with Crippen molar-refractivity contribution in [2.45, 2.75) is 6.54 Å². The summed E-state index contributed by atoms with van der Waals surface area (Å²) in [6.45, 7) is 0.703. The van der Waals surface area contributed by atoms with Crippen LogP contribution in [-0.2, 0) is 6.54 Å². The van der Waals surface area contributed by atoms with Gasteiger partial charge in [0.25, 0.3) is 0 Å². The Kier molecular flexibility index (Phi) is 5.01. The Balaban J connectivity index is 2.32. The number of pyridine rings is 1. The minimum atomic E-state index is -0.636. The maximum Gasteiger partial charge on any atom is 0.305 e. The molecule has 0 saturated carbocycles. The lowest BCUT2D eigenvalue weighted by Gasteiger charge is -2.23. The van der Waals surface area contributed by atoms with E-state index in [4.69, 9.17) is 5.26 Å². The number of nitriles is 1. The van der Waals surface area contributed by atoms with Crippen LogP contribution in [0.4, 0.5) is 11.5 Å². The number of nitro groups is 1. The van der Waals surface area contributed by atoms with Crippen molar-refractivity contribution in [3.8, 4) is 6.07 Å². The lowest BCUT2D eigenvalue weighted by atomic mass is 10.2. The minimum absolute atomic E-state index is 0.0899. The minimum Gasteiger partial charge on any atom is -0.395 e. The van der Waals surface area contributed by atoms with Gasteiger partial charge >= 0.3 is 5.69 Å². The Morgan fingerprint density at radius 3 is 2.59 bits per heavy atom. The standard InChI is InChI=1S/C15H14N4O3/c16-10-13-14(19(21)22)6-7-15(17-13)18(8-9-20)11-12-4-2-1-3-5-12/h1-7,20H,8-9,11H2. The number of rotatable bonds is 6. The highest BCUT2D eigenvalue weighted by Crippen LogP contribution is 2.21. The Labute approximate surface area is 127 Å². The van der Waals surface area contributed by atoms with E-state index in [1.807, 2.05) is 30.3 Å². The molecule has 7 heteroatoms. The summed E-state index contributed by atoms with van der Waals surface area (Å²) in [5, 5.41) is 29.1. The summed E-state index contributed by atoms with van der Waals surface area (Å²) in [5.41, 5.74) is 0.447. The van der Waals surface area contributed by atoms with Crippen LogP contribution in [0.1, 0.15) is 11.3 Å². The van der Waals surface area contributed by atoms with Gasteiger partial charge < -0.3 is 10.0 Å². The van der Waals surface area contributed by atoms with Crippen LogP contribution in [0.5, 0.6) is 0 Å². The van der Waals surface area contributed by atoms with E-state index in [1.165, 1.54) is 12.1 Å². The van der Waals surface area contributed by atoms with E-state index in [1.54, 1.807) is 11.0 Å². The zero-order valence-electron chi connectivity index (χ0n) is 11.7. The van der Waals surface area contributed by atoms with Crippen LogP contribution in [0, 0.1) is 21.4 Å². The second-order valence-corrected chi connectivity index (χ2v) is 4.54. The molecule has 1 aromatic carbocycles. The fourth-order valence-corrected chi connectivity index (χ4v) is 2.05. The van der Waals surface area contributed by atoms with Gasteiger partial charge in [-0.25, -0.2) is 4.98 Å². The van der Waals surface area contributed by atoms with Crippen molar-refractivity contribution >= 4 is 11.5 Å². The van der Waals surface area contributed by atoms with Crippen LogP contribution < -0.4 is 4.90 Å². The summed E-state index contributed by atoms with van der Waals surface area (Å²) < 4.78 is 0. The number of aliphatic hydroxyl groups excluding tert-OH is 1. The molecule has 0 fully saturated rings. The van der Waals surface area contributed by atoms with Crippen LogP contribution in [0.3, 0.4) is 0 Å². The van der Waals surface area contributed by atoms with Crippen LogP contribution >= 0.6 is 0 Å². The molecule has 0 radical (unpaired) electrons. The maximum atomic E-state index is 10.8. The molecular formula is C15H14N4O3. The summed E-state index contributed by atoms with van der Waals surface area (Å²) >= 11 is 0. The molecule has 0 aliphatic rings. The molecule has 0 bridgehead atoms. The Morgan fingerprint density at radius 2 is 2.00 bits per heavy atom. The van der Waals surface area contributed by atoms with Gasteiger partial charge in [0.15, 0.2) is 0 Å². The van der Waals surface area contributed by atoms with Crippen LogP contribution in [0.25, 0.3) is 0 Å². The summed E-state index contributed by atoms with van der Waals surface area (Å²) in [6, 6.07) is 14.0. The van der Waals surface area contributed by atoms with Gasteiger partial charge in [0.05, 0.1) is 11.5 Å². The van der Waals surface area contributed by atoms with E-state index in [-0.39, 0.29) is 18.0 Å². The van der Waals surface area contributed by atoms with Crippen molar-refractivity contribution in [2.24, 2.45) is 0 Å². The summed E-state index contributed by atoms with van der Waals surface area (Å²) in [7, 11) is 0. The normalized spacial score (nSPS) is 10.0. The van der Waals surface area contributed by atoms with Gasteiger partial charge in [-0.3, -0.25) is 10.1 Å². The van der Waals surface area contributed by atoms with Gasteiger partial charge in [-0.1, -0.05) is 30.3 Å². The Hall–Kier alpha value is -2.98. The maximum absolute atomic E-state index is 10.8. The topological polar surface area (TPSA) is 103 Å². The first kappa shape index (κ1) is 15.4. The molecule has 2 rings (SSSR count). The van der Waals surface area contributed by atoms with E-state index in [0.29, 0.717) is 18.9 Å². The zero-order chi connectivity index (χ0) is 15.9. The molecule has 0 atom stereocenters. The predicted molar refractivity (Wildman–Crippen MR) is 80.2 cm³/mol. The third-order valence-corrected chi connectivity index (χ3v) is 3.07. The lowest BCUT2D eigenvalue weighted by molar-refractivity contribution is -0.385. The molecule has 1 heterocycles. The van der Waals surface area contributed by atoms with E-state index >= 15 is 0 Å². The predicted octanol–water partition coefficient (Wildman–Crippen LogP) is 1.86. The molecular weight excluding hydrogens is 284 g/mol. The first-order valence-corrected chi connectivity index (χ1v) is 6.61. The second-order valence-electron chi connectivity index (χ2n) is 4.54. The molecule has 0 amide bonds. The number of aromatic nitrogens is 1. The molecule has 0 aliphatic carbocycles. The molecule has 0 saturated heterocycles. The number of benzene rings is 1. The summed E-state index contributed by atoms with van der Waals surface area (Å²) in [6.07, 6.45) is 0.